The molecule has 8 heteroatoms. The third kappa shape index (κ3) is 3.71. The number of piperidine rings is 1. The van der Waals surface area contributed by atoms with E-state index >= 15 is 0 Å². The van der Waals surface area contributed by atoms with Crippen LogP contribution in [0.5, 0.6) is 0 Å². The molecule has 2 N–H and O–H groups in total. The Kier molecular flexibility index (Phi) is 5.25. The number of aromatic nitrogens is 2. The molecular weight excluding hydrogens is 398 g/mol. The van der Waals surface area contributed by atoms with Crippen LogP contribution in [0, 0.1) is 0 Å². The first kappa shape index (κ1) is 19.1. The Morgan fingerprint density at radius 1 is 1.07 bits per heavy atom. The lowest BCUT2D eigenvalue weighted by Crippen LogP contribution is -2.40. The zero-order valence-corrected chi connectivity index (χ0v) is 16.6. The molecule has 0 aliphatic carbocycles. The van der Waals surface area contributed by atoms with Crippen LogP contribution in [-0.4, -0.2) is 47.0 Å². The lowest BCUT2D eigenvalue weighted by molar-refractivity contribution is 0.113. The van der Waals surface area contributed by atoms with Gasteiger partial charge in [-0.1, -0.05) is 41.9 Å². The number of hydrogen-bond acceptors (Lipinski definition) is 4. The highest BCUT2D eigenvalue weighted by Gasteiger charge is 2.30. The molecule has 3 aromatic rings. The SMILES string of the molecule is O=S(=O)(c1cc(-c2ncc(-c3ccccc3)[nH]2)ccc1Cl)N1CCC(O)CC1. The summed E-state index contributed by atoms with van der Waals surface area (Å²) in [6.45, 7) is 0.561. The van der Waals surface area contributed by atoms with E-state index in [1.54, 1.807) is 24.4 Å². The fraction of sp³-hybridized carbons (Fsp3) is 0.250. The van der Waals surface area contributed by atoms with E-state index in [2.05, 4.69) is 9.97 Å². The van der Waals surface area contributed by atoms with Gasteiger partial charge in [0.15, 0.2) is 0 Å². The highest BCUT2D eigenvalue weighted by atomic mass is 35.5. The number of nitrogens with zero attached hydrogens (tertiary/aromatic N) is 2. The maximum Gasteiger partial charge on any atom is 0.244 e. The van der Waals surface area contributed by atoms with Crippen molar-refractivity contribution in [2.45, 2.75) is 23.8 Å². The average Bonchev–Trinajstić information content (AvgIpc) is 3.19. The van der Waals surface area contributed by atoms with Gasteiger partial charge in [-0.05, 0) is 36.6 Å². The van der Waals surface area contributed by atoms with Crippen molar-refractivity contribution in [2.24, 2.45) is 0 Å². The van der Waals surface area contributed by atoms with E-state index in [-0.39, 0.29) is 23.0 Å². The molecule has 1 aliphatic heterocycles. The van der Waals surface area contributed by atoms with Crippen molar-refractivity contribution < 1.29 is 13.5 Å². The van der Waals surface area contributed by atoms with Crippen LogP contribution in [0.15, 0.2) is 59.6 Å². The van der Waals surface area contributed by atoms with E-state index < -0.39 is 16.1 Å². The van der Waals surface area contributed by atoms with Crippen LogP contribution in [0.2, 0.25) is 5.02 Å². The predicted octanol–water partition coefficient (Wildman–Crippen LogP) is 3.54. The van der Waals surface area contributed by atoms with Crippen molar-refractivity contribution in [3.05, 3.63) is 59.8 Å². The van der Waals surface area contributed by atoms with Gasteiger partial charge in [0.1, 0.15) is 10.7 Å². The fourth-order valence-electron chi connectivity index (χ4n) is 3.30. The standard InChI is InChI=1S/C20H20ClN3O3S/c21-17-7-6-15(20-22-13-18(23-20)14-4-2-1-3-5-14)12-19(17)28(26,27)24-10-8-16(25)9-11-24/h1-7,12-13,16,25H,8-11H2,(H,22,23). The second-order valence-corrected chi connectivity index (χ2v) is 9.11. The van der Waals surface area contributed by atoms with Gasteiger partial charge < -0.3 is 10.1 Å². The van der Waals surface area contributed by atoms with Crippen LogP contribution in [0.3, 0.4) is 0 Å². The molecule has 1 aliphatic rings. The van der Waals surface area contributed by atoms with Crippen LogP contribution in [-0.2, 0) is 10.0 Å². The highest BCUT2D eigenvalue weighted by molar-refractivity contribution is 7.89. The molecule has 1 fully saturated rings. The lowest BCUT2D eigenvalue weighted by Gasteiger charge is -2.29. The largest absolute Gasteiger partial charge is 0.393 e. The number of imidazole rings is 1. The minimum absolute atomic E-state index is 0.0562. The number of H-pyrrole nitrogens is 1. The first-order valence-corrected chi connectivity index (χ1v) is 10.9. The maximum atomic E-state index is 13.1. The Bertz CT molecular complexity index is 1080. The van der Waals surface area contributed by atoms with E-state index in [0.717, 1.165) is 11.3 Å². The molecule has 1 aromatic heterocycles. The Labute approximate surface area is 168 Å². The monoisotopic (exact) mass is 417 g/mol. The molecule has 2 heterocycles. The zero-order chi connectivity index (χ0) is 19.7. The quantitative estimate of drug-likeness (QED) is 0.679. The molecule has 0 unspecified atom stereocenters. The second kappa shape index (κ2) is 7.67. The molecule has 6 nitrogen and oxygen atoms in total. The smallest absolute Gasteiger partial charge is 0.244 e. The molecule has 146 valence electrons. The predicted molar refractivity (Wildman–Crippen MR) is 108 cm³/mol. The van der Waals surface area contributed by atoms with Crippen molar-refractivity contribution in [2.75, 3.05) is 13.1 Å². The number of benzene rings is 2. The highest BCUT2D eigenvalue weighted by Crippen LogP contribution is 2.31. The minimum atomic E-state index is -3.74. The molecule has 0 amide bonds. The molecule has 0 bridgehead atoms. The van der Waals surface area contributed by atoms with Gasteiger partial charge in [-0.15, -0.1) is 0 Å². The molecule has 0 saturated carbocycles. The summed E-state index contributed by atoms with van der Waals surface area (Å²) in [7, 11) is -3.74. The lowest BCUT2D eigenvalue weighted by atomic mass is 10.1. The van der Waals surface area contributed by atoms with Gasteiger partial charge in [0, 0.05) is 18.7 Å². The first-order valence-electron chi connectivity index (χ1n) is 9.04. The van der Waals surface area contributed by atoms with E-state index in [4.69, 9.17) is 11.6 Å². The third-order valence-corrected chi connectivity index (χ3v) is 7.29. The number of aromatic amines is 1. The van der Waals surface area contributed by atoms with Crippen molar-refractivity contribution in [1.82, 2.24) is 14.3 Å². The molecule has 0 atom stereocenters. The van der Waals surface area contributed by atoms with Gasteiger partial charge in [-0.2, -0.15) is 4.31 Å². The molecular formula is C20H20ClN3O3S. The summed E-state index contributed by atoms with van der Waals surface area (Å²) >= 11 is 6.23. The number of aliphatic hydroxyl groups excluding tert-OH is 1. The zero-order valence-electron chi connectivity index (χ0n) is 15.0. The van der Waals surface area contributed by atoms with Gasteiger partial charge >= 0.3 is 0 Å². The van der Waals surface area contributed by atoms with E-state index in [1.807, 2.05) is 30.3 Å². The van der Waals surface area contributed by atoms with Crippen LogP contribution in [0.4, 0.5) is 0 Å². The van der Waals surface area contributed by atoms with Crippen molar-refractivity contribution >= 4 is 21.6 Å². The first-order chi connectivity index (χ1) is 13.4. The minimum Gasteiger partial charge on any atom is -0.393 e. The number of halogens is 1. The molecule has 0 radical (unpaired) electrons. The van der Waals surface area contributed by atoms with Gasteiger partial charge in [0.2, 0.25) is 10.0 Å². The summed E-state index contributed by atoms with van der Waals surface area (Å²) in [6, 6.07) is 14.6. The van der Waals surface area contributed by atoms with Gasteiger partial charge in [-0.25, -0.2) is 13.4 Å². The Morgan fingerprint density at radius 3 is 2.50 bits per heavy atom. The molecule has 28 heavy (non-hydrogen) atoms. The molecule has 1 saturated heterocycles. The van der Waals surface area contributed by atoms with E-state index in [0.29, 0.717) is 24.2 Å². The Morgan fingerprint density at radius 2 is 1.79 bits per heavy atom. The Balaban J connectivity index is 1.67. The number of hydrogen-bond donors (Lipinski definition) is 2. The second-order valence-electron chi connectivity index (χ2n) is 6.79. The van der Waals surface area contributed by atoms with E-state index in [9.17, 15) is 13.5 Å². The maximum absolute atomic E-state index is 13.1. The summed E-state index contributed by atoms with van der Waals surface area (Å²) in [5, 5.41) is 9.82. The van der Waals surface area contributed by atoms with Crippen LogP contribution in [0.1, 0.15) is 12.8 Å². The fourth-order valence-corrected chi connectivity index (χ4v) is 5.27. The molecule has 4 rings (SSSR count). The molecule has 2 aromatic carbocycles. The summed E-state index contributed by atoms with van der Waals surface area (Å²) < 4.78 is 27.5. The van der Waals surface area contributed by atoms with Crippen LogP contribution < -0.4 is 0 Å². The van der Waals surface area contributed by atoms with Gasteiger partial charge in [0.05, 0.1) is 23.0 Å². The van der Waals surface area contributed by atoms with Crippen LogP contribution >= 0.6 is 11.6 Å². The number of rotatable bonds is 4. The van der Waals surface area contributed by atoms with Gasteiger partial charge in [0.25, 0.3) is 0 Å². The Hall–Kier alpha value is -2.19. The summed E-state index contributed by atoms with van der Waals surface area (Å²) in [6.07, 6.45) is 2.12. The third-order valence-electron chi connectivity index (χ3n) is 4.91. The van der Waals surface area contributed by atoms with Crippen molar-refractivity contribution in [3.63, 3.8) is 0 Å². The van der Waals surface area contributed by atoms with Crippen molar-refractivity contribution in [3.8, 4) is 22.6 Å². The summed E-state index contributed by atoms with van der Waals surface area (Å²) in [5.74, 6) is 0.570. The number of sulfonamides is 1. The number of nitrogens with one attached hydrogen (secondary N) is 1. The van der Waals surface area contributed by atoms with Crippen LogP contribution in [0.25, 0.3) is 22.6 Å². The van der Waals surface area contributed by atoms with E-state index in [1.165, 1.54) is 4.31 Å². The summed E-state index contributed by atoms with van der Waals surface area (Å²) in [4.78, 5) is 7.69. The van der Waals surface area contributed by atoms with Crippen molar-refractivity contribution in [1.29, 1.82) is 0 Å². The number of aliphatic hydroxyl groups is 1. The normalized spacial score (nSPS) is 16.4. The molecule has 0 spiro atoms. The van der Waals surface area contributed by atoms with Gasteiger partial charge in [-0.3, -0.25) is 0 Å². The topological polar surface area (TPSA) is 86.3 Å². The average molecular weight is 418 g/mol. The summed E-state index contributed by atoms with van der Waals surface area (Å²) in [5.41, 5.74) is 2.48.